The Morgan fingerprint density at radius 3 is 2.47 bits per heavy atom. The molecule has 38 heavy (non-hydrogen) atoms. The first-order chi connectivity index (χ1) is 18.1. The van der Waals surface area contributed by atoms with Crippen molar-refractivity contribution >= 4 is 18.0 Å². The van der Waals surface area contributed by atoms with Crippen LogP contribution in [0.4, 0.5) is 4.79 Å². The van der Waals surface area contributed by atoms with E-state index in [-0.39, 0.29) is 5.97 Å². The molecule has 212 valence electrons. The van der Waals surface area contributed by atoms with Crippen molar-refractivity contribution in [1.29, 1.82) is 0 Å². The summed E-state index contributed by atoms with van der Waals surface area (Å²) in [4.78, 5) is 36.7. The SMILES string of the molecule is CCCCCCCc1c(CC=C(C)CCC(=O)OCCC(C)C)c(OC)c(C)c2c1C(=O)OC2NC(N)=O. The van der Waals surface area contributed by atoms with Crippen LogP contribution in [-0.4, -0.2) is 31.7 Å². The molecule has 1 atom stereocenters. The zero-order valence-electron chi connectivity index (χ0n) is 24.0. The van der Waals surface area contributed by atoms with Gasteiger partial charge in [-0.25, -0.2) is 9.59 Å². The van der Waals surface area contributed by atoms with E-state index in [1.165, 1.54) is 6.42 Å². The molecule has 0 saturated carbocycles. The molecular formula is C30H46N2O6. The van der Waals surface area contributed by atoms with Crippen LogP contribution in [0.5, 0.6) is 5.75 Å². The Kier molecular flexibility index (Phi) is 12.6. The molecule has 2 amide bonds. The van der Waals surface area contributed by atoms with Gasteiger partial charge in [0.2, 0.25) is 6.23 Å². The summed E-state index contributed by atoms with van der Waals surface area (Å²) in [5.74, 6) is 0.529. The van der Waals surface area contributed by atoms with Crippen LogP contribution < -0.4 is 15.8 Å². The van der Waals surface area contributed by atoms with E-state index in [2.05, 4.69) is 32.2 Å². The molecule has 0 radical (unpaired) electrons. The number of carbonyl (C=O) groups is 3. The van der Waals surface area contributed by atoms with Gasteiger partial charge < -0.3 is 19.9 Å². The number of nitrogens with two attached hydrogens (primary N) is 1. The summed E-state index contributed by atoms with van der Waals surface area (Å²) >= 11 is 0. The molecule has 8 heteroatoms. The number of hydrogen-bond acceptors (Lipinski definition) is 6. The highest BCUT2D eigenvalue weighted by Gasteiger charge is 2.38. The van der Waals surface area contributed by atoms with Crippen LogP contribution in [0, 0.1) is 12.8 Å². The van der Waals surface area contributed by atoms with E-state index in [0.29, 0.717) is 55.1 Å². The van der Waals surface area contributed by atoms with Gasteiger partial charge in [-0.15, -0.1) is 0 Å². The molecule has 1 heterocycles. The van der Waals surface area contributed by atoms with E-state index in [4.69, 9.17) is 19.9 Å². The van der Waals surface area contributed by atoms with Gasteiger partial charge in [0.05, 0.1) is 19.3 Å². The molecule has 2 rings (SSSR count). The highest BCUT2D eigenvalue weighted by atomic mass is 16.6. The molecule has 1 aromatic rings. The molecule has 0 spiro atoms. The Hall–Kier alpha value is -3.03. The van der Waals surface area contributed by atoms with Crippen LogP contribution in [0.2, 0.25) is 0 Å². The van der Waals surface area contributed by atoms with Crippen molar-refractivity contribution in [1.82, 2.24) is 5.32 Å². The Labute approximate surface area is 227 Å². The van der Waals surface area contributed by atoms with Crippen LogP contribution in [0.15, 0.2) is 11.6 Å². The Morgan fingerprint density at radius 2 is 1.84 bits per heavy atom. The highest BCUT2D eigenvalue weighted by molar-refractivity contribution is 5.97. The van der Waals surface area contributed by atoms with Crippen LogP contribution in [-0.2, 0) is 27.1 Å². The molecule has 0 aromatic heterocycles. The number of rotatable bonds is 16. The summed E-state index contributed by atoms with van der Waals surface area (Å²) in [6.07, 6.45) is 9.66. The summed E-state index contributed by atoms with van der Waals surface area (Å²) in [6.45, 7) is 10.7. The summed E-state index contributed by atoms with van der Waals surface area (Å²) in [6, 6.07) is -0.763. The molecule has 1 aliphatic heterocycles. The number of allylic oxidation sites excluding steroid dienone is 2. The van der Waals surface area contributed by atoms with Crippen molar-refractivity contribution in [2.24, 2.45) is 11.7 Å². The molecule has 8 nitrogen and oxygen atoms in total. The number of urea groups is 1. The first kappa shape index (κ1) is 31.2. The van der Waals surface area contributed by atoms with Gasteiger partial charge in [0.25, 0.3) is 0 Å². The number of amides is 2. The predicted molar refractivity (Wildman–Crippen MR) is 148 cm³/mol. The Morgan fingerprint density at radius 1 is 1.13 bits per heavy atom. The normalized spacial score (nSPS) is 14.9. The van der Waals surface area contributed by atoms with Gasteiger partial charge in [-0.2, -0.15) is 0 Å². The van der Waals surface area contributed by atoms with Crippen LogP contribution in [0.25, 0.3) is 0 Å². The number of methoxy groups -OCH3 is 1. The highest BCUT2D eigenvalue weighted by Crippen LogP contribution is 2.42. The fourth-order valence-electron chi connectivity index (χ4n) is 4.83. The van der Waals surface area contributed by atoms with E-state index >= 15 is 0 Å². The van der Waals surface area contributed by atoms with Crippen LogP contribution in [0.1, 0.15) is 118 Å². The average Bonchev–Trinajstić information content (AvgIpc) is 3.17. The standard InChI is InChI=1S/C30H46N2O6/c1-7-8-9-10-11-12-22-23(15-13-20(4)14-16-24(33)37-18-17-19(2)3)27(36-6)21(5)25-26(22)29(34)38-28(25)32-30(31)35/h13,19,28H,7-12,14-18H2,1-6H3,(H3,31,32,35). The third-order valence-corrected chi connectivity index (χ3v) is 6.99. The Bertz CT molecular complexity index is 1010. The van der Waals surface area contributed by atoms with Crippen LogP contribution in [0.3, 0.4) is 0 Å². The number of fused-ring (bicyclic) bond motifs is 1. The topological polar surface area (TPSA) is 117 Å². The smallest absolute Gasteiger partial charge is 0.341 e. The lowest BCUT2D eigenvalue weighted by Gasteiger charge is -2.21. The fourth-order valence-corrected chi connectivity index (χ4v) is 4.83. The lowest BCUT2D eigenvalue weighted by atomic mass is 9.86. The van der Waals surface area contributed by atoms with E-state index < -0.39 is 18.2 Å². The molecule has 0 aliphatic carbocycles. The molecule has 1 aromatic carbocycles. The second kappa shape index (κ2) is 15.4. The monoisotopic (exact) mass is 530 g/mol. The minimum atomic E-state index is -0.934. The number of cyclic esters (lactones) is 1. The molecule has 1 unspecified atom stereocenters. The van der Waals surface area contributed by atoms with E-state index in [0.717, 1.165) is 54.4 Å². The molecule has 0 bridgehead atoms. The predicted octanol–water partition coefficient (Wildman–Crippen LogP) is 6.21. The first-order valence-electron chi connectivity index (χ1n) is 13.9. The second-order valence-corrected chi connectivity index (χ2v) is 10.5. The van der Waals surface area contributed by atoms with Gasteiger partial charge in [0, 0.05) is 23.1 Å². The van der Waals surface area contributed by atoms with Gasteiger partial charge >= 0.3 is 18.0 Å². The average molecular weight is 531 g/mol. The minimum Gasteiger partial charge on any atom is -0.496 e. The number of unbranched alkanes of at least 4 members (excludes halogenated alkanes) is 4. The summed E-state index contributed by atoms with van der Waals surface area (Å²) in [7, 11) is 1.61. The summed E-state index contributed by atoms with van der Waals surface area (Å²) in [5.41, 5.74) is 10.1. The minimum absolute atomic E-state index is 0.187. The first-order valence-corrected chi connectivity index (χ1v) is 13.9. The number of esters is 2. The summed E-state index contributed by atoms with van der Waals surface area (Å²) in [5, 5.41) is 2.53. The van der Waals surface area contributed by atoms with Crippen molar-refractivity contribution in [2.45, 2.75) is 105 Å². The maximum Gasteiger partial charge on any atom is 0.341 e. The molecule has 3 N–H and O–H groups in total. The lowest BCUT2D eigenvalue weighted by molar-refractivity contribution is -0.143. The van der Waals surface area contributed by atoms with E-state index in [1.807, 2.05) is 13.8 Å². The van der Waals surface area contributed by atoms with Gasteiger partial charge in [-0.1, -0.05) is 58.1 Å². The molecule has 0 saturated heterocycles. The van der Waals surface area contributed by atoms with Gasteiger partial charge in [0.1, 0.15) is 5.75 Å². The van der Waals surface area contributed by atoms with Crippen molar-refractivity contribution in [3.8, 4) is 5.75 Å². The molecule has 0 fully saturated rings. The maximum absolute atomic E-state index is 13.0. The van der Waals surface area contributed by atoms with Crippen molar-refractivity contribution in [3.63, 3.8) is 0 Å². The fraction of sp³-hybridized carbons (Fsp3) is 0.633. The quantitative estimate of drug-likeness (QED) is 0.149. The largest absolute Gasteiger partial charge is 0.496 e. The third-order valence-electron chi connectivity index (χ3n) is 6.99. The number of carbonyl (C=O) groups excluding carboxylic acids is 3. The second-order valence-electron chi connectivity index (χ2n) is 10.5. The zero-order valence-corrected chi connectivity index (χ0v) is 24.0. The van der Waals surface area contributed by atoms with E-state index in [1.54, 1.807) is 7.11 Å². The Balaban J connectivity index is 2.32. The lowest BCUT2D eigenvalue weighted by Crippen LogP contribution is -2.33. The molecule has 1 aliphatic rings. The third kappa shape index (κ3) is 8.77. The zero-order chi connectivity index (χ0) is 28.2. The van der Waals surface area contributed by atoms with Gasteiger partial charge in [0.15, 0.2) is 0 Å². The summed E-state index contributed by atoms with van der Waals surface area (Å²) < 4.78 is 16.7. The van der Waals surface area contributed by atoms with E-state index in [9.17, 15) is 14.4 Å². The van der Waals surface area contributed by atoms with Gasteiger partial charge in [-0.05, 0) is 57.4 Å². The number of primary amides is 1. The number of nitrogens with one attached hydrogen (secondary N) is 1. The number of ether oxygens (including phenoxy) is 3. The van der Waals surface area contributed by atoms with Crippen molar-refractivity contribution in [2.75, 3.05) is 13.7 Å². The van der Waals surface area contributed by atoms with Crippen LogP contribution >= 0.6 is 0 Å². The molecular weight excluding hydrogens is 484 g/mol. The number of hydrogen-bond donors (Lipinski definition) is 2. The number of benzene rings is 1. The van der Waals surface area contributed by atoms with Gasteiger partial charge in [-0.3, -0.25) is 10.1 Å². The maximum atomic E-state index is 13.0. The van der Waals surface area contributed by atoms with Crippen molar-refractivity contribution < 1.29 is 28.6 Å². The van der Waals surface area contributed by atoms with Crippen molar-refractivity contribution in [3.05, 3.63) is 39.5 Å².